The van der Waals surface area contributed by atoms with Gasteiger partial charge in [-0.15, -0.1) is 0 Å². The Balaban J connectivity index is 1.41. The zero-order valence-electron chi connectivity index (χ0n) is 30.8. The minimum atomic E-state index is -2.03. The maximum atomic E-state index is 15.0. The second kappa shape index (κ2) is 18.9. The standard InChI is InChI=1S/C40H45N6O8P/c1-3-4-24-52-39(49)46-23-21-41-32(26-46)34(47)33(27-55-50)42-37(48)35-40(53-29-16-10-6-11-17-29,54-30-18-12-7-13-19-30)38(45-22-20-31(25-45)51-2)44-36(43-35)28-14-8-5-9-15-28/h5-19,31-33,35,41H,3-4,20-26H2,1-2H3,(H,42,48)/t31-,32+,33?,35?/m0/s1. The molecule has 4 atom stereocenters. The van der Waals surface area contributed by atoms with E-state index in [0.717, 1.165) is 12.8 Å². The summed E-state index contributed by atoms with van der Waals surface area (Å²) in [6.07, 6.45) is 1.60. The van der Waals surface area contributed by atoms with Crippen molar-refractivity contribution in [3.8, 4) is 17.1 Å². The van der Waals surface area contributed by atoms with Crippen LogP contribution in [0.4, 0.5) is 4.79 Å². The Morgan fingerprint density at radius 1 is 0.964 bits per heavy atom. The summed E-state index contributed by atoms with van der Waals surface area (Å²) >= 11 is 0. The van der Waals surface area contributed by atoms with Gasteiger partial charge in [0, 0.05) is 0 Å². The van der Waals surface area contributed by atoms with Gasteiger partial charge in [0.05, 0.1) is 0 Å². The van der Waals surface area contributed by atoms with E-state index in [1.807, 2.05) is 54.3 Å². The monoisotopic (exact) mass is 768 g/mol. The van der Waals surface area contributed by atoms with E-state index in [2.05, 4.69) is 16.3 Å². The van der Waals surface area contributed by atoms with E-state index in [1.165, 1.54) is 4.90 Å². The fraction of sp³-hybridized carbons (Fsp3) is 0.400. The number of hydrogen-bond donors (Lipinski definition) is 2. The third-order valence-corrected chi connectivity index (χ3v) is 9.84. The molecule has 14 nitrogen and oxygen atoms in total. The van der Waals surface area contributed by atoms with Gasteiger partial charge in [-0.05, 0) is 0 Å². The van der Waals surface area contributed by atoms with E-state index in [9.17, 15) is 18.9 Å². The van der Waals surface area contributed by atoms with Crippen molar-refractivity contribution < 1.29 is 37.9 Å². The van der Waals surface area contributed by atoms with E-state index < -0.39 is 49.6 Å². The zero-order chi connectivity index (χ0) is 38.6. The van der Waals surface area contributed by atoms with E-state index >= 15 is 0 Å². The molecule has 55 heavy (non-hydrogen) atoms. The molecule has 3 aromatic rings. The second-order valence-electron chi connectivity index (χ2n) is 13.2. The van der Waals surface area contributed by atoms with Crippen molar-refractivity contribution in [3.05, 3.63) is 96.6 Å². The number of Topliss-reactive ketones (excluding diaryl/α,β-unsaturated/α-hetero) is 1. The number of carbonyl (C=O) groups is 3. The topological polar surface area (TPSA) is 160 Å². The number of likely N-dealkylation sites (tertiary alicyclic amines) is 1. The number of rotatable bonds is 13. The number of unbranched alkanes of at least 4 members (excludes halogenated alkanes) is 1. The summed E-state index contributed by atoms with van der Waals surface area (Å²) in [6.45, 7) is 3.81. The van der Waals surface area contributed by atoms with E-state index in [1.54, 1.807) is 55.6 Å². The Bertz CT molecular complexity index is 1920. The molecule has 15 heteroatoms. The molecule has 3 aliphatic heterocycles. The number of ketones is 1. The maximum absolute atomic E-state index is 15.0. The first kappa shape index (κ1) is 39.4. The van der Waals surface area contributed by atoms with Crippen molar-refractivity contribution in [2.75, 3.05) is 46.4 Å². The van der Waals surface area contributed by atoms with Crippen molar-refractivity contribution in [2.24, 2.45) is 9.98 Å². The molecular formula is C40H45N6O8P. The van der Waals surface area contributed by atoms with Crippen LogP contribution in [0, 0.1) is 5.63 Å². The Kier molecular flexibility index (Phi) is 13.5. The molecule has 2 N–H and O–H groups in total. The molecule has 2 saturated heterocycles. The van der Waals surface area contributed by atoms with E-state index in [0.29, 0.717) is 49.7 Å². The summed E-state index contributed by atoms with van der Waals surface area (Å²) in [7, 11) is 1.03. The summed E-state index contributed by atoms with van der Waals surface area (Å²) in [4.78, 5) is 55.2. The van der Waals surface area contributed by atoms with Crippen molar-refractivity contribution in [3.63, 3.8) is 0 Å². The third kappa shape index (κ3) is 9.52. The molecule has 0 aliphatic carbocycles. The number of nitrogens with one attached hydrogen (secondary N) is 2. The molecule has 0 aromatic heterocycles. The molecule has 2 unspecified atom stereocenters. The van der Waals surface area contributed by atoms with Crippen molar-refractivity contribution in [2.45, 2.75) is 56.2 Å². The average molecular weight is 769 g/mol. The third-order valence-electron chi connectivity index (χ3n) is 9.47. The first-order valence-electron chi connectivity index (χ1n) is 18.4. The van der Waals surface area contributed by atoms with Crippen LogP contribution in [0.5, 0.6) is 11.5 Å². The summed E-state index contributed by atoms with van der Waals surface area (Å²) in [5, 5.41) is 5.87. The van der Waals surface area contributed by atoms with Gasteiger partial charge in [-0.25, -0.2) is 0 Å². The number of ether oxygens (including phenoxy) is 4. The average Bonchev–Trinajstić information content (AvgIpc) is 3.71. The van der Waals surface area contributed by atoms with E-state index in [4.69, 9.17) is 28.9 Å². The van der Waals surface area contributed by atoms with Crippen LogP contribution in [-0.4, -0.2) is 116 Å². The number of methoxy groups -OCH3 is 1. The van der Waals surface area contributed by atoms with Gasteiger partial charge in [-0.2, -0.15) is 0 Å². The fourth-order valence-corrected chi connectivity index (χ4v) is 6.89. The molecule has 3 aromatic carbocycles. The molecular weight excluding hydrogens is 723 g/mol. The van der Waals surface area contributed by atoms with Crippen LogP contribution in [-0.2, 0) is 23.6 Å². The molecule has 0 radical (unpaired) electrons. The van der Waals surface area contributed by atoms with Crippen molar-refractivity contribution in [1.29, 1.82) is 0 Å². The van der Waals surface area contributed by atoms with Crippen LogP contribution in [0.2, 0.25) is 0 Å². The van der Waals surface area contributed by atoms with Crippen LogP contribution in [0.25, 0.3) is 0 Å². The molecule has 3 aliphatic rings. The Labute approximate surface area is 321 Å². The van der Waals surface area contributed by atoms with Gasteiger partial charge >= 0.3 is 322 Å². The van der Waals surface area contributed by atoms with Crippen LogP contribution in [0.15, 0.2) is 101 Å². The molecule has 3 heterocycles. The number of carbonyl (C=O) groups excluding carboxylic acids is 3. The number of hydrogen-bond acceptors (Lipinski definition) is 12. The number of amidine groups is 2. The molecule has 6 rings (SSSR count). The van der Waals surface area contributed by atoms with Crippen LogP contribution in [0.3, 0.4) is 0 Å². The Morgan fingerprint density at radius 2 is 1.62 bits per heavy atom. The number of benzene rings is 3. The first-order chi connectivity index (χ1) is 26.8. The number of piperazine rings is 1. The number of para-hydroxylation sites is 2. The van der Waals surface area contributed by atoms with Crippen molar-refractivity contribution >= 4 is 37.4 Å². The normalized spacial score (nSPS) is 20.9. The van der Waals surface area contributed by atoms with E-state index in [-0.39, 0.29) is 30.9 Å². The first-order valence-corrected chi connectivity index (χ1v) is 19.2. The summed E-state index contributed by atoms with van der Waals surface area (Å²) in [5.41, 5.74) is 3.19. The van der Waals surface area contributed by atoms with Gasteiger partial charge in [0.1, 0.15) is 0 Å². The summed E-state index contributed by atoms with van der Waals surface area (Å²) in [5.74, 6) is -2.12. The molecule has 2 fully saturated rings. The van der Waals surface area contributed by atoms with Crippen LogP contribution < -0.4 is 20.1 Å². The van der Waals surface area contributed by atoms with Crippen LogP contribution >= 0.6 is 7.92 Å². The van der Waals surface area contributed by atoms with Crippen molar-refractivity contribution in [1.82, 2.24) is 20.4 Å². The zero-order valence-corrected chi connectivity index (χ0v) is 31.7. The van der Waals surface area contributed by atoms with Gasteiger partial charge in [-0.1, -0.05) is 0 Å². The molecule has 0 spiro atoms. The molecule has 0 bridgehead atoms. The van der Waals surface area contributed by atoms with Gasteiger partial charge < -0.3 is 0 Å². The summed E-state index contributed by atoms with van der Waals surface area (Å²) in [6, 6.07) is 23.1. The number of aliphatic imine (C=N–C) groups is 2. The van der Waals surface area contributed by atoms with Crippen LogP contribution in [0.1, 0.15) is 31.7 Å². The Morgan fingerprint density at radius 3 is 2.22 bits per heavy atom. The van der Waals surface area contributed by atoms with Gasteiger partial charge in [0.25, 0.3) is 0 Å². The SMILES string of the molecule is CCCCOC(=O)N1CCN[C@@H](C(=O)C(C#P=O)NC(=O)C2N=C(c3ccccc3)N=C(N3CC[C@H](OC)C3)C2(Oc2ccccc2)Oc2ccccc2)C1. The van der Waals surface area contributed by atoms with Gasteiger partial charge in [-0.3, -0.25) is 0 Å². The predicted molar refractivity (Wildman–Crippen MR) is 206 cm³/mol. The fourth-order valence-electron chi connectivity index (χ4n) is 6.59. The molecule has 288 valence electrons. The quantitative estimate of drug-likeness (QED) is 0.146. The molecule has 2 amide bonds. The van der Waals surface area contributed by atoms with Gasteiger partial charge in [0.2, 0.25) is 0 Å². The number of amides is 2. The second-order valence-corrected chi connectivity index (χ2v) is 13.7. The summed E-state index contributed by atoms with van der Waals surface area (Å²) < 4.78 is 36.8. The number of nitrogens with zero attached hydrogens (tertiary/aromatic N) is 4. The molecule has 0 saturated carbocycles. The van der Waals surface area contributed by atoms with Gasteiger partial charge in [0.15, 0.2) is 0 Å². The minimum absolute atomic E-state index is 0.0159. The Hall–Kier alpha value is -5.26. The predicted octanol–water partition coefficient (Wildman–Crippen LogP) is 4.30.